The van der Waals surface area contributed by atoms with Crippen LogP contribution in [0.25, 0.3) is 0 Å². The first-order valence-corrected chi connectivity index (χ1v) is 5.73. The van der Waals surface area contributed by atoms with Gasteiger partial charge in [-0.2, -0.15) is 5.26 Å². The topological polar surface area (TPSA) is 76.4 Å². The van der Waals surface area contributed by atoms with Crippen LogP contribution in [-0.4, -0.2) is 26.2 Å². The molecule has 0 fully saturated rings. The number of benzene rings is 1. The average molecular weight is 261 g/mol. The Balaban J connectivity index is 2.98. The predicted octanol–water partition coefficient (Wildman–Crippen LogP) is 1.33. The Morgan fingerprint density at radius 2 is 1.74 bits per heavy atom. The molecule has 100 valence electrons. The number of carbonyl (C=O) groups excluding carboxylic acids is 2. The van der Waals surface area contributed by atoms with E-state index in [0.29, 0.717) is 0 Å². The Bertz CT molecular complexity index is 478. The monoisotopic (exact) mass is 261 g/mol. The zero-order valence-electron chi connectivity index (χ0n) is 10.8. The molecule has 0 radical (unpaired) electrons. The van der Waals surface area contributed by atoms with Gasteiger partial charge in [-0.3, -0.25) is 9.59 Å². The van der Waals surface area contributed by atoms with E-state index in [-0.39, 0.29) is 6.42 Å². The summed E-state index contributed by atoms with van der Waals surface area (Å²) < 4.78 is 9.21. The standard InChI is InChI=1S/C14H15NO4/c1-18-13(16)11(12(9-15)14(17)19-2)8-10-6-4-3-5-7-10/h3-7,11-12H,8H2,1-2H3. The third-order valence-electron chi connectivity index (χ3n) is 2.80. The molecule has 0 aromatic heterocycles. The molecule has 1 aromatic carbocycles. The van der Waals surface area contributed by atoms with Crippen LogP contribution >= 0.6 is 0 Å². The molecule has 2 unspecified atom stereocenters. The van der Waals surface area contributed by atoms with Crippen LogP contribution in [0.3, 0.4) is 0 Å². The van der Waals surface area contributed by atoms with E-state index in [2.05, 4.69) is 9.47 Å². The van der Waals surface area contributed by atoms with E-state index in [1.165, 1.54) is 14.2 Å². The number of carbonyl (C=O) groups is 2. The van der Waals surface area contributed by atoms with Crippen molar-refractivity contribution in [1.82, 2.24) is 0 Å². The summed E-state index contributed by atoms with van der Waals surface area (Å²) in [4.78, 5) is 23.3. The summed E-state index contributed by atoms with van der Waals surface area (Å²) >= 11 is 0. The molecule has 0 N–H and O–H groups in total. The number of esters is 2. The maximum atomic E-state index is 11.8. The van der Waals surface area contributed by atoms with Crippen LogP contribution < -0.4 is 0 Å². The van der Waals surface area contributed by atoms with Crippen molar-refractivity contribution in [3.05, 3.63) is 35.9 Å². The summed E-state index contributed by atoms with van der Waals surface area (Å²) in [5.41, 5.74) is 0.849. The number of methoxy groups -OCH3 is 2. The van der Waals surface area contributed by atoms with Gasteiger partial charge in [0.1, 0.15) is 0 Å². The lowest BCUT2D eigenvalue weighted by Gasteiger charge is -2.17. The van der Waals surface area contributed by atoms with Crippen molar-refractivity contribution in [2.24, 2.45) is 11.8 Å². The number of hydrogen-bond donors (Lipinski definition) is 0. The third kappa shape index (κ3) is 3.81. The minimum Gasteiger partial charge on any atom is -0.469 e. The normalized spacial score (nSPS) is 12.9. The molecule has 0 amide bonds. The summed E-state index contributed by atoms with van der Waals surface area (Å²) in [5, 5.41) is 9.06. The van der Waals surface area contributed by atoms with E-state index in [9.17, 15) is 9.59 Å². The van der Waals surface area contributed by atoms with Crippen molar-refractivity contribution in [2.45, 2.75) is 6.42 Å². The molecule has 19 heavy (non-hydrogen) atoms. The zero-order chi connectivity index (χ0) is 14.3. The second-order valence-corrected chi connectivity index (χ2v) is 3.95. The highest BCUT2D eigenvalue weighted by atomic mass is 16.5. The summed E-state index contributed by atoms with van der Waals surface area (Å²) in [6, 6.07) is 10.9. The minimum absolute atomic E-state index is 0.251. The van der Waals surface area contributed by atoms with Crippen molar-refractivity contribution in [3.8, 4) is 6.07 Å². The molecule has 5 nitrogen and oxygen atoms in total. The van der Waals surface area contributed by atoms with E-state index in [4.69, 9.17) is 5.26 Å². The minimum atomic E-state index is -1.17. The molecule has 0 spiro atoms. The van der Waals surface area contributed by atoms with Gasteiger partial charge in [0.25, 0.3) is 0 Å². The fourth-order valence-corrected chi connectivity index (χ4v) is 1.79. The van der Waals surface area contributed by atoms with Gasteiger partial charge in [0.05, 0.1) is 26.2 Å². The largest absolute Gasteiger partial charge is 0.469 e. The Kier molecular flexibility index (Phi) is 5.55. The molecule has 0 heterocycles. The number of rotatable bonds is 5. The van der Waals surface area contributed by atoms with Gasteiger partial charge in [-0.15, -0.1) is 0 Å². The van der Waals surface area contributed by atoms with E-state index >= 15 is 0 Å². The number of ether oxygens (including phenoxy) is 2. The lowest BCUT2D eigenvalue weighted by Crippen LogP contribution is -2.32. The smallest absolute Gasteiger partial charge is 0.323 e. The van der Waals surface area contributed by atoms with Gasteiger partial charge in [0.15, 0.2) is 5.92 Å². The van der Waals surface area contributed by atoms with E-state index in [0.717, 1.165) is 5.56 Å². The summed E-state index contributed by atoms with van der Waals surface area (Å²) in [5.74, 6) is -3.36. The second-order valence-electron chi connectivity index (χ2n) is 3.95. The van der Waals surface area contributed by atoms with Crippen LogP contribution in [0.4, 0.5) is 0 Å². The van der Waals surface area contributed by atoms with Crippen LogP contribution in [-0.2, 0) is 25.5 Å². The molecule has 5 heteroatoms. The Hall–Kier alpha value is -2.35. The van der Waals surface area contributed by atoms with Crippen molar-refractivity contribution >= 4 is 11.9 Å². The van der Waals surface area contributed by atoms with Crippen LogP contribution in [0.15, 0.2) is 30.3 Å². The van der Waals surface area contributed by atoms with Gasteiger partial charge >= 0.3 is 11.9 Å². The van der Waals surface area contributed by atoms with Crippen LogP contribution in [0.2, 0.25) is 0 Å². The third-order valence-corrected chi connectivity index (χ3v) is 2.80. The quantitative estimate of drug-likeness (QED) is 0.747. The van der Waals surface area contributed by atoms with Gasteiger partial charge in [0, 0.05) is 0 Å². The zero-order valence-corrected chi connectivity index (χ0v) is 10.8. The molecule has 1 rings (SSSR count). The first-order valence-electron chi connectivity index (χ1n) is 5.73. The molecule has 0 aliphatic rings. The molecule has 0 saturated carbocycles. The lowest BCUT2D eigenvalue weighted by molar-refractivity contribution is -0.155. The lowest BCUT2D eigenvalue weighted by atomic mass is 9.87. The maximum Gasteiger partial charge on any atom is 0.323 e. The van der Waals surface area contributed by atoms with Gasteiger partial charge in [-0.05, 0) is 12.0 Å². The van der Waals surface area contributed by atoms with Crippen molar-refractivity contribution in [3.63, 3.8) is 0 Å². The van der Waals surface area contributed by atoms with E-state index in [1.807, 2.05) is 36.4 Å². The van der Waals surface area contributed by atoms with Crippen molar-refractivity contribution in [1.29, 1.82) is 5.26 Å². The SMILES string of the molecule is COC(=O)C(C#N)C(Cc1ccccc1)C(=O)OC. The van der Waals surface area contributed by atoms with Gasteiger partial charge in [-0.1, -0.05) is 30.3 Å². The average Bonchev–Trinajstić information content (AvgIpc) is 2.46. The van der Waals surface area contributed by atoms with E-state index < -0.39 is 23.8 Å². The van der Waals surface area contributed by atoms with Gasteiger partial charge in [0.2, 0.25) is 0 Å². The fraction of sp³-hybridized carbons (Fsp3) is 0.357. The molecular formula is C14H15NO4. The number of nitriles is 1. The first kappa shape index (κ1) is 14.7. The molecule has 1 aromatic rings. The van der Waals surface area contributed by atoms with Crippen LogP contribution in [0.1, 0.15) is 5.56 Å². The highest BCUT2D eigenvalue weighted by Gasteiger charge is 2.35. The van der Waals surface area contributed by atoms with Crippen molar-refractivity contribution in [2.75, 3.05) is 14.2 Å². The molecule has 0 aliphatic heterocycles. The van der Waals surface area contributed by atoms with Crippen LogP contribution in [0, 0.1) is 23.2 Å². The summed E-state index contributed by atoms with van der Waals surface area (Å²) in [6.07, 6.45) is 0.251. The maximum absolute atomic E-state index is 11.8. The van der Waals surface area contributed by atoms with Gasteiger partial charge in [-0.25, -0.2) is 0 Å². The molecule has 0 bridgehead atoms. The van der Waals surface area contributed by atoms with E-state index in [1.54, 1.807) is 0 Å². The van der Waals surface area contributed by atoms with Gasteiger partial charge < -0.3 is 9.47 Å². The fourth-order valence-electron chi connectivity index (χ4n) is 1.79. The Labute approximate surface area is 111 Å². The molecule has 0 saturated heterocycles. The summed E-state index contributed by atoms with van der Waals surface area (Å²) in [6.45, 7) is 0. The number of hydrogen-bond acceptors (Lipinski definition) is 5. The highest BCUT2D eigenvalue weighted by molar-refractivity contribution is 5.84. The second kappa shape index (κ2) is 7.17. The number of nitrogens with zero attached hydrogens (tertiary/aromatic N) is 1. The molecular weight excluding hydrogens is 246 g/mol. The Morgan fingerprint density at radius 1 is 1.16 bits per heavy atom. The summed E-state index contributed by atoms with van der Waals surface area (Å²) in [7, 11) is 2.41. The Morgan fingerprint density at radius 3 is 2.21 bits per heavy atom. The molecule has 2 atom stereocenters. The molecule has 0 aliphatic carbocycles. The first-order chi connectivity index (χ1) is 9.13. The predicted molar refractivity (Wildman–Crippen MR) is 66.8 cm³/mol. The highest BCUT2D eigenvalue weighted by Crippen LogP contribution is 2.20. The van der Waals surface area contributed by atoms with Crippen LogP contribution in [0.5, 0.6) is 0 Å². The van der Waals surface area contributed by atoms with Crippen molar-refractivity contribution < 1.29 is 19.1 Å².